The number of anilines is 2. The molecule has 4 rings (SSSR count). The third-order valence-corrected chi connectivity index (χ3v) is 5.59. The van der Waals surface area contributed by atoms with Gasteiger partial charge in [-0.15, -0.1) is 32.8 Å². The Morgan fingerprint density at radius 1 is 0.694 bits per heavy atom. The normalized spacial score (nSPS) is 21.2. The van der Waals surface area contributed by atoms with Gasteiger partial charge in [0.25, 0.3) is 0 Å². The Bertz CT molecular complexity index is 1140. The Balaban J connectivity index is 0.00000361. The molecule has 13 heteroatoms. The van der Waals surface area contributed by atoms with Crippen LogP contribution in [0.3, 0.4) is 0 Å². The molecule has 2 aliphatic heterocycles. The van der Waals surface area contributed by atoms with Crippen LogP contribution in [0.1, 0.15) is 20.3 Å². The van der Waals surface area contributed by atoms with Crippen molar-refractivity contribution in [3.8, 4) is 0 Å². The van der Waals surface area contributed by atoms with E-state index in [9.17, 15) is 0 Å². The van der Waals surface area contributed by atoms with Crippen LogP contribution in [0.4, 0.5) is 11.4 Å². The molecule has 2 unspecified atom stereocenters. The first-order valence-corrected chi connectivity index (χ1v) is 11.0. The van der Waals surface area contributed by atoms with Gasteiger partial charge in [-0.1, -0.05) is 36.4 Å². The van der Waals surface area contributed by atoms with Gasteiger partial charge in [0.2, 0.25) is 11.9 Å². The minimum Gasteiger partial charge on any atom is -0.369 e. The SMILES string of the molecule is CC1=NN(c2ccccc2)/C(=N/N=C(N)N)C1CC1C(C)=NN(c2ccccc2)/C1=N/N=C(N)N.Cl. The van der Waals surface area contributed by atoms with Crippen molar-refractivity contribution < 1.29 is 0 Å². The molecule has 0 fully saturated rings. The van der Waals surface area contributed by atoms with Gasteiger partial charge >= 0.3 is 0 Å². The van der Waals surface area contributed by atoms with E-state index in [4.69, 9.17) is 33.1 Å². The van der Waals surface area contributed by atoms with Crippen molar-refractivity contribution in [2.24, 2.45) is 65.4 Å². The van der Waals surface area contributed by atoms with Gasteiger partial charge in [0.05, 0.1) is 23.2 Å². The van der Waals surface area contributed by atoms with Crippen LogP contribution >= 0.6 is 12.4 Å². The highest BCUT2D eigenvalue weighted by Gasteiger charge is 2.40. The molecule has 12 nitrogen and oxygen atoms in total. The monoisotopic (exact) mass is 508 g/mol. The van der Waals surface area contributed by atoms with Crippen LogP contribution in [-0.4, -0.2) is 35.0 Å². The Labute approximate surface area is 215 Å². The fourth-order valence-corrected chi connectivity index (χ4v) is 3.97. The zero-order valence-electron chi connectivity index (χ0n) is 19.9. The fraction of sp³-hybridized carbons (Fsp3) is 0.217. The van der Waals surface area contributed by atoms with Gasteiger partial charge in [-0.2, -0.15) is 10.2 Å². The molecule has 8 N–H and O–H groups in total. The summed E-state index contributed by atoms with van der Waals surface area (Å²) in [5.41, 5.74) is 25.7. The first-order valence-electron chi connectivity index (χ1n) is 11.0. The van der Waals surface area contributed by atoms with Crippen molar-refractivity contribution in [3.63, 3.8) is 0 Å². The molecule has 36 heavy (non-hydrogen) atoms. The van der Waals surface area contributed by atoms with Crippen molar-refractivity contribution in [3.05, 3.63) is 60.7 Å². The lowest BCUT2D eigenvalue weighted by Gasteiger charge is -2.22. The largest absolute Gasteiger partial charge is 0.369 e. The average molecular weight is 509 g/mol. The van der Waals surface area contributed by atoms with Crippen molar-refractivity contribution in [2.75, 3.05) is 10.0 Å². The number of halogens is 1. The predicted molar refractivity (Wildman–Crippen MR) is 149 cm³/mol. The molecule has 2 heterocycles. The van der Waals surface area contributed by atoms with Crippen LogP contribution in [-0.2, 0) is 0 Å². The third-order valence-electron chi connectivity index (χ3n) is 5.59. The number of para-hydroxylation sites is 2. The molecule has 0 amide bonds. The molecule has 0 aromatic heterocycles. The number of amidine groups is 2. The Morgan fingerprint density at radius 3 is 1.39 bits per heavy atom. The van der Waals surface area contributed by atoms with E-state index in [-0.39, 0.29) is 36.2 Å². The quantitative estimate of drug-likeness (QED) is 0.262. The summed E-state index contributed by atoms with van der Waals surface area (Å²) in [5, 5.41) is 29.6. The third kappa shape index (κ3) is 5.61. The number of hydrazone groups is 2. The van der Waals surface area contributed by atoms with Gasteiger partial charge in [-0.3, -0.25) is 0 Å². The number of benzene rings is 2. The second-order valence-electron chi connectivity index (χ2n) is 8.08. The van der Waals surface area contributed by atoms with Crippen LogP contribution in [0.25, 0.3) is 0 Å². The maximum absolute atomic E-state index is 5.57. The first kappa shape index (κ1) is 26.2. The fourth-order valence-electron chi connectivity index (χ4n) is 3.97. The summed E-state index contributed by atoms with van der Waals surface area (Å²) in [5.74, 6) is 0.473. The van der Waals surface area contributed by atoms with Crippen LogP contribution in [0.2, 0.25) is 0 Å². The molecule has 2 aromatic carbocycles. The summed E-state index contributed by atoms with van der Waals surface area (Å²) in [6, 6.07) is 19.3. The van der Waals surface area contributed by atoms with E-state index in [0.717, 1.165) is 22.8 Å². The Kier molecular flexibility index (Phi) is 8.22. The minimum atomic E-state index is -0.214. The highest BCUT2D eigenvalue weighted by Crippen LogP contribution is 2.33. The summed E-state index contributed by atoms with van der Waals surface area (Å²) in [6.07, 6.45) is 0.551. The minimum absolute atomic E-state index is 0. The van der Waals surface area contributed by atoms with Gasteiger partial charge in [0.15, 0.2) is 11.7 Å². The zero-order chi connectivity index (χ0) is 24.9. The number of hydrogen-bond acceptors (Lipinski definition) is 6. The van der Waals surface area contributed by atoms with Crippen molar-refractivity contribution in [2.45, 2.75) is 20.3 Å². The molecule has 2 aromatic rings. The molecule has 188 valence electrons. The maximum Gasteiger partial charge on any atom is 0.211 e. The molecule has 2 aliphatic rings. The van der Waals surface area contributed by atoms with Gasteiger partial charge in [-0.05, 0) is 44.5 Å². The number of nitrogens with zero attached hydrogens (tertiary/aromatic N) is 8. The van der Waals surface area contributed by atoms with Gasteiger partial charge in [0.1, 0.15) is 0 Å². The van der Waals surface area contributed by atoms with E-state index in [1.807, 2.05) is 74.5 Å². The summed E-state index contributed by atoms with van der Waals surface area (Å²) in [6.45, 7) is 3.89. The summed E-state index contributed by atoms with van der Waals surface area (Å²) in [7, 11) is 0. The van der Waals surface area contributed by atoms with Gasteiger partial charge in [0, 0.05) is 11.4 Å². The molecule has 0 aliphatic carbocycles. The molecule has 0 saturated carbocycles. The van der Waals surface area contributed by atoms with E-state index >= 15 is 0 Å². The summed E-state index contributed by atoms with van der Waals surface area (Å²) < 4.78 is 0. The average Bonchev–Trinajstić information content (AvgIpc) is 3.33. The Hall–Kier alpha value is -4.45. The molecule has 2 atom stereocenters. The van der Waals surface area contributed by atoms with E-state index < -0.39 is 0 Å². The highest BCUT2D eigenvalue weighted by molar-refractivity contribution is 6.21. The topological polar surface area (TPSA) is 185 Å². The van der Waals surface area contributed by atoms with Gasteiger partial charge < -0.3 is 22.9 Å². The van der Waals surface area contributed by atoms with Crippen molar-refractivity contribution in [1.82, 2.24) is 0 Å². The molecular formula is C23H29ClN12. The van der Waals surface area contributed by atoms with E-state index in [2.05, 4.69) is 20.4 Å². The molecule has 0 radical (unpaired) electrons. The lowest BCUT2D eigenvalue weighted by molar-refractivity contribution is 0.728. The molecule has 0 spiro atoms. The summed E-state index contributed by atoms with van der Waals surface area (Å²) in [4.78, 5) is 0. The second-order valence-corrected chi connectivity index (χ2v) is 8.08. The van der Waals surface area contributed by atoms with Crippen molar-refractivity contribution >= 4 is 58.8 Å². The molecule has 0 bridgehead atoms. The lowest BCUT2D eigenvalue weighted by Crippen LogP contribution is -2.34. The Morgan fingerprint density at radius 2 is 1.06 bits per heavy atom. The van der Waals surface area contributed by atoms with E-state index in [1.54, 1.807) is 10.0 Å². The van der Waals surface area contributed by atoms with Crippen LogP contribution < -0.4 is 33.0 Å². The van der Waals surface area contributed by atoms with Crippen molar-refractivity contribution in [1.29, 1.82) is 0 Å². The van der Waals surface area contributed by atoms with E-state index in [1.165, 1.54) is 0 Å². The van der Waals surface area contributed by atoms with Crippen LogP contribution in [0, 0.1) is 11.8 Å². The van der Waals surface area contributed by atoms with Gasteiger partial charge in [-0.25, -0.2) is 10.0 Å². The highest BCUT2D eigenvalue weighted by atomic mass is 35.5. The zero-order valence-corrected chi connectivity index (χ0v) is 20.7. The smallest absolute Gasteiger partial charge is 0.211 e. The number of hydrogen-bond donors (Lipinski definition) is 4. The number of guanidine groups is 2. The first-order chi connectivity index (χ1) is 16.8. The standard InChI is InChI=1S/C23H28N12.ClH/c1-14-18(20(28-30-22(24)25)34(32-14)16-9-5-3-6-10-16)13-19-15(2)33-35(17-11-7-4-8-12-17)21(19)29-31-23(26)27;/h3-12,18-19H,13H2,1-2H3,(H4,24,25,30)(H4,26,27,31);1H/b28-20+,29-21+;. The maximum atomic E-state index is 5.57. The van der Waals surface area contributed by atoms with E-state index in [0.29, 0.717) is 18.1 Å². The van der Waals surface area contributed by atoms with Crippen LogP contribution in [0.15, 0.2) is 91.3 Å². The molecule has 0 saturated heterocycles. The van der Waals surface area contributed by atoms with Crippen LogP contribution in [0.5, 0.6) is 0 Å². The lowest BCUT2D eigenvalue weighted by atomic mass is 9.88. The number of nitrogens with two attached hydrogens (primary N) is 4. The molecular weight excluding hydrogens is 480 g/mol. The second kappa shape index (κ2) is 11.3. The predicted octanol–water partition coefficient (Wildman–Crippen LogP) is 2.00. The number of rotatable bonds is 6. The summed E-state index contributed by atoms with van der Waals surface area (Å²) >= 11 is 0.